The maximum atomic E-state index is 12.2. The van der Waals surface area contributed by atoms with Gasteiger partial charge in [0, 0.05) is 12.1 Å². The van der Waals surface area contributed by atoms with Gasteiger partial charge in [0.2, 0.25) is 5.60 Å². The zero-order valence-electron chi connectivity index (χ0n) is 24.6. The first kappa shape index (κ1) is 31.7. The molecule has 2 rings (SSSR count). The molecule has 0 saturated carbocycles. The number of carbonyl (C=O) groups excluding carboxylic acids is 1. The van der Waals surface area contributed by atoms with Crippen LogP contribution in [0.1, 0.15) is 48.5 Å². The molecule has 0 bridgehead atoms. The molecule has 13 heteroatoms. The molecular formula is C25H44N4O7Si2. The number of nitrogens with one attached hydrogen (secondary N) is 2. The molecular weight excluding hydrogens is 524 g/mol. The van der Waals surface area contributed by atoms with E-state index in [1.807, 2.05) is 0 Å². The molecule has 2 N–H and O–H groups in total. The number of nitro benzene ring substituents is 1. The zero-order chi connectivity index (χ0) is 29.2. The largest absolute Gasteiger partial charge is 0.472 e. The maximum Gasteiger partial charge on any atom is 0.425 e. The Labute approximate surface area is 228 Å². The van der Waals surface area contributed by atoms with Crippen molar-refractivity contribution in [3.8, 4) is 5.75 Å². The number of hydrazine groups is 1. The van der Waals surface area contributed by atoms with Crippen molar-refractivity contribution >= 4 is 39.9 Å². The third-order valence-corrected chi connectivity index (χ3v) is 16.6. The second-order valence-corrected chi connectivity index (χ2v) is 22.2. The zero-order valence-corrected chi connectivity index (χ0v) is 26.6. The third kappa shape index (κ3) is 7.33. The summed E-state index contributed by atoms with van der Waals surface area (Å²) < 4.78 is 24.8. The highest BCUT2D eigenvalue weighted by Gasteiger charge is 2.49. The predicted octanol–water partition coefficient (Wildman–Crippen LogP) is 6.05. The Kier molecular flexibility index (Phi) is 9.45. The average molecular weight is 569 g/mol. The van der Waals surface area contributed by atoms with Crippen molar-refractivity contribution in [1.29, 1.82) is 0 Å². The Hall–Kier alpha value is -2.49. The molecule has 1 aliphatic rings. The Morgan fingerprint density at radius 1 is 1.05 bits per heavy atom. The highest BCUT2D eigenvalue weighted by molar-refractivity contribution is 6.74. The number of fused-ring (bicyclic) bond motifs is 1. The van der Waals surface area contributed by atoms with E-state index in [4.69, 9.17) is 18.3 Å². The van der Waals surface area contributed by atoms with Gasteiger partial charge in [-0.25, -0.2) is 15.2 Å². The molecule has 0 aromatic heterocycles. The standard InChI is InChI=1S/C25H44N4O7Si2/c1-12-33-22(30)28-27-21-25(16-34-37(8,9)23(2,3)4,17-35-38(10,11)24(5,6)7)36-20-14-13-18(29(31)32)15-19(20)26-21/h13-15H,12,16-17H2,1-11H3,(H,26,27)(H,28,30). The number of nitro groups is 1. The smallest absolute Gasteiger partial charge is 0.425 e. The summed E-state index contributed by atoms with van der Waals surface area (Å²) in [4.78, 5) is 27.7. The first-order valence-electron chi connectivity index (χ1n) is 12.8. The van der Waals surface area contributed by atoms with Crippen LogP contribution in [0.3, 0.4) is 0 Å². The molecule has 0 spiro atoms. The lowest BCUT2D eigenvalue weighted by atomic mass is 10.0. The Morgan fingerprint density at radius 3 is 2.03 bits per heavy atom. The highest BCUT2D eigenvalue weighted by atomic mass is 28.4. The van der Waals surface area contributed by atoms with Crippen LogP contribution in [0, 0.1) is 10.1 Å². The molecule has 1 aromatic rings. The molecule has 1 amide bonds. The van der Waals surface area contributed by atoms with E-state index in [1.165, 1.54) is 18.2 Å². The molecule has 0 fully saturated rings. The normalized spacial score (nSPS) is 15.6. The van der Waals surface area contributed by atoms with Crippen LogP contribution in [0.25, 0.3) is 0 Å². The fourth-order valence-corrected chi connectivity index (χ4v) is 5.01. The summed E-state index contributed by atoms with van der Waals surface area (Å²) in [6.07, 6.45) is -0.704. The first-order chi connectivity index (χ1) is 17.2. The number of carbonyl (C=O) groups is 1. The minimum absolute atomic E-state index is 0.0738. The molecule has 1 aliphatic heterocycles. The molecule has 11 nitrogen and oxygen atoms in total. The van der Waals surface area contributed by atoms with Crippen LogP contribution < -0.4 is 15.6 Å². The van der Waals surface area contributed by atoms with Crippen LogP contribution in [0.4, 0.5) is 16.2 Å². The van der Waals surface area contributed by atoms with Gasteiger partial charge in [-0.15, -0.1) is 0 Å². The van der Waals surface area contributed by atoms with E-state index in [0.717, 1.165) is 0 Å². The quantitative estimate of drug-likeness (QED) is 0.220. The molecule has 0 radical (unpaired) electrons. The van der Waals surface area contributed by atoms with Crippen molar-refractivity contribution < 1.29 is 28.0 Å². The summed E-state index contributed by atoms with van der Waals surface area (Å²) in [7, 11) is -4.52. The van der Waals surface area contributed by atoms with Gasteiger partial charge in [0.1, 0.15) is 11.4 Å². The number of aliphatic imine (C=N–C) groups is 1. The van der Waals surface area contributed by atoms with Crippen LogP contribution in [0.15, 0.2) is 23.2 Å². The molecule has 0 unspecified atom stereocenters. The summed E-state index contributed by atoms with van der Waals surface area (Å²) in [5.41, 5.74) is 4.18. The Bertz CT molecular complexity index is 1030. The molecule has 1 heterocycles. The van der Waals surface area contributed by atoms with Crippen molar-refractivity contribution in [2.24, 2.45) is 4.99 Å². The van der Waals surface area contributed by atoms with Crippen molar-refractivity contribution in [3.63, 3.8) is 0 Å². The number of rotatable bonds is 8. The molecule has 38 heavy (non-hydrogen) atoms. The number of amides is 1. The van der Waals surface area contributed by atoms with E-state index in [-0.39, 0.29) is 47.1 Å². The number of nitrogens with zero attached hydrogens (tertiary/aromatic N) is 2. The van der Waals surface area contributed by atoms with Crippen LogP contribution in [-0.4, -0.2) is 58.9 Å². The molecule has 0 atom stereocenters. The van der Waals surface area contributed by atoms with E-state index >= 15 is 0 Å². The topological polar surface area (TPSA) is 134 Å². The fraction of sp³-hybridized carbons (Fsp3) is 0.680. The minimum atomic E-state index is -2.26. The third-order valence-electron chi connectivity index (χ3n) is 7.63. The van der Waals surface area contributed by atoms with Crippen molar-refractivity contribution in [2.45, 2.75) is 90.3 Å². The summed E-state index contributed by atoms with van der Waals surface area (Å²) in [5.74, 6) is 0.561. The second-order valence-electron chi connectivity index (χ2n) is 12.5. The number of benzene rings is 1. The summed E-state index contributed by atoms with van der Waals surface area (Å²) in [6.45, 7) is 23.4. The lowest BCUT2D eigenvalue weighted by Crippen LogP contribution is -2.64. The van der Waals surface area contributed by atoms with E-state index in [0.29, 0.717) is 5.75 Å². The molecule has 0 saturated heterocycles. The number of hydrogen-bond donors (Lipinski definition) is 2. The SMILES string of the molecule is CCOC(=O)NNC1=Nc2cc([N+](=O)[O-])ccc2OC1(CO[Si](C)(C)C(C)(C)C)CO[Si](C)(C)C(C)(C)C. The molecule has 1 aromatic carbocycles. The van der Waals surface area contributed by atoms with E-state index in [2.05, 4.69) is 83.6 Å². The maximum absolute atomic E-state index is 12.2. The van der Waals surface area contributed by atoms with Crippen LogP contribution in [-0.2, 0) is 13.6 Å². The van der Waals surface area contributed by atoms with Gasteiger partial charge in [0.15, 0.2) is 22.5 Å². The number of non-ortho nitro benzene ring substituents is 1. The summed E-state index contributed by atoms with van der Waals surface area (Å²) in [5, 5.41) is 11.2. The van der Waals surface area contributed by atoms with Gasteiger partial charge in [-0.1, -0.05) is 41.5 Å². The van der Waals surface area contributed by atoms with Gasteiger partial charge in [-0.2, -0.15) is 0 Å². The van der Waals surface area contributed by atoms with Crippen LogP contribution >= 0.6 is 0 Å². The van der Waals surface area contributed by atoms with E-state index < -0.39 is 33.3 Å². The van der Waals surface area contributed by atoms with E-state index in [9.17, 15) is 14.9 Å². The van der Waals surface area contributed by atoms with Gasteiger partial charge >= 0.3 is 6.09 Å². The number of ether oxygens (including phenoxy) is 2. The Morgan fingerprint density at radius 2 is 1.58 bits per heavy atom. The van der Waals surface area contributed by atoms with Gasteiger partial charge in [-0.05, 0) is 49.3 Å². The summed E-state index contributed by atoms with van der Waals surface area (Å²) in [6, 6.07) is 4.23. The lowest BCUT2D eigenvalue weighted by Gasteiger charge is -2.45. The number of hydrogen-bond acceptors (Lipinski definition) is 9. The predicted molar refractivity (Wildman–Crippen MR) is 153 cm³/mol. The Balaban J connectivity index is 2.61. The van der Waals surface area contributed by atoms with Gasteiger partial charge in [0.05, 0.1) is 24.7 Å². The lowest BCUT2D eigenvalue weighted by molar-refractivity contribution is -0.384. The fourth-order valence-electron chi connectivity index (χ4n) is 2.96. The van der Waals surface area contributed by atoms with Crippen LogP contribution in [0.5, 0.6) is 5.75 Å². The minimum Gasteiger partial charge on any atom is -0.472 e. The summed E-state index contributed by atoms with van der Waals surface area (Å²) >= 11 is 0. The monoisotopic (exact) mass is 568 g/mol. The van der Waals surface area contributed by atoms with Crippen LogP contribution in [0.2, 0.25) is 36.3 Å². The molecule has 0 aliphatic carbocycles. The van der Waals surface area contributed by atoms with Gasteiger partial charge < -0.3 is 18.3 Å². The molecule has 214 valence electrons. The van der Waals surface area contributed by atoms with Crippen molar-refractivity contribution in [2.75, 3.05) is 19.8 Å². The average Bonchev–Trinajstić information content (AvgIpc) is 2.78. The highest BCUT2D eigenvalue weighted by Crippen LogP contribution is 2.43. The van der Waals surface area contributed by atoms with E-state index in [1.54, 1.807) is 6.92 Å². The van der Waals surface area contributed by atoms with Gasteiger partial charge in [-0.3, -0.25) is 15.5 Å². The van der Waals surface area contributed by atoms with Crippen molar-refractivity contribution in [3.05, 3.63) is 28.3 Å². The first-order valence-corrected chi connectivity index (χ1v) is 18.6. The number of amidine groups is 1. The second kappa shape index (κ2) is 11.3. The van der Waals surface area contributed by atoms with Gasteiger partial charge in [0.25, 0.3) is 5.69 Å². The van der Waals surface area contributed by atoms with Crippen molar-refractivity contribution in [1.82, 2.24) is 10.9 Å².